The predicted molar refractivity (Wildman–Crippen MR) is 86.3 cm³/mol. The van der Waals surface area contributed by atoms with E-state index in [1.165, 1.54) is 11.1 Å². The first-order valence-electron chi connectivity index (χ1n) is 7.73. The molecule has 0 saturated heterocycles. The Bertz CT molecular complexity index is 616. The van der Waals surface area contributed by atoms with Gasteiger partial charge in [-0.15, -0.1) is 10.2 Å². The summed E-state index contributed by atoms with van der Waals surface area (Å²) in [6.07, 6.45) is 3.51. The minimum atomic E-state index is 0.0737. The second kappa shape index (κ2) is 7.73. The molecule has 1 aromatic heterocycles. The molecule has 22 heavy (non-hydrogen) atoms. The molecule has 5 nitrogen and oxygen atoms in total. The first-order valence-corrected chi connectivity index (χ1v) is 7.73. The lowest BCUT2D eigenvalue weighted by atomic mass is 10.1. The number of hydrogen-bond donors (Lipinski definition) is 1. The smallest absolute Gasteiger partial charge is 0.220 e. The van der Waals surface area contributed by atoms with Gasteiger partial charge in [0.2, 0.25) is 5.91 Å². The van der Waals surface area contributed by atoms with Gasteiger partial charge in [-0.25, -0.2) is 0 Å². The summed E-state index contributed by atoms with van der Waals surface area (Å²) in [5.41, 5.74) is 2.61. The van der Waals surface area contributed by atoms with E-state index in [1.54, 1.807) is 0 Å². The third-order valence-electron chi connectivity index (χ3n) is 3.87. The van der Waals surface area contributed by atoms with E-state index in [1.807, 2.05) is 18.5 Å². The summed E-state index contributed by atoms with van der Waals surface area (Å²) in [6, 6.07) is 8.58. The van der Waals surface area contributed by atoms with Crippen LogP contribution in [0.4, 0.5) is 0 Å². The molecule has 0 bridgehead atoms. The second-order valence-electron chi connectivity index (χ2n) is 5.69. The van der Waals surface area contributed by atoms with Crippen LogP contribution in [0.25, 0.3) is 0 Å². The van der Waals surface area contributed by atoms with Crippen molar-refractivity contribution in [3.8, 4) is 0 Å². The molecule has 1 heterocycles. The van der Waals surface area contributed by atoms with E-state index in [4.69, 9.17) is 0 Å². The number of aryl methyl sites for hydroxylation is 3. The van der Waals surface area contributed by atoms with Crippen LogP contribution in [0.15, 0.2) is 24.3 Å². The number of amides is 1. The third kappa shape index (κ3) is 4.69. The summed E-state index contributed by atoms with van der Waals surface area (Å²) in [5.74, 6) is 1.71. The van der Waals surface area contributed by atoms with Crippen LogP contribution in [-0.2, 0) is 24.8 Å². The van der Waals surface area contributed by atoms with Crippen LogP contribution in [0, 0.1) is 13.8 Å². The highest BCUT2D eigenvalue weighted by atomic mass is 16.1. The largest absolute Gasteiger partial charge is 0.349 e. The van der Waals surface area contributed by atoms with Gasteiger partial charge in [0.15, 0.2) is 5.82 Å². The summed E-state index contributed by atoms with van der Waals surface area (Å²) in [7, 11) is 1.90. The Hall–Kier alpha value is -2.17. The standard InChI is InChI=1S/C17H24N4O/c1-13-8-10-15(11-9-13)6-4-5-7-17(22)18-12-16-20-19-14(2)21(16)3/h8-11H,4-7,12H2,1-3H3,(H,18,22). The van der Waals surface area contributed by atoms with Gasteiger partial charge in [0.25, 0.3) is 0 Å². The van der Waals surface area contributed by atoms with Crippen molar-refractivity contribution >= 4 is 5.91 Å². The number of hydrogen-bond acceptors (Lipinski definition) is 3. The van der Waals surface area contributed by atoms with Gasteiger partial charge in [-0.3, -0.25) is 4.79 Å². The van der Waals surface area contributed by atoms with Crippen LogP contribution in [0.3, 0.4) is 0 Å². The summed E-state index contributed by atoms with van der Waals surface area (Å²) < 4.78 is 1.89. The maximum Gasteiger partial charge on any atom is 0.220 e. The van der Waals surface area contributed by atoms with E-state index in [9.17, 15) is 4.79 Å². The van der Waals surface area contributed by atoms with Gasteiger partial charge >= 0.3 is 0 Å². The van der Waals surface area contributed by atoms with Crippen molar-refractivity contribution < 1.29 is 4.79 Å². The molecule has 0 radical (unpaired) electrons. The Morgan fingerprint density at radius 1 is 1.14 bits per heavy atom. The molecule has 0 saturated carbocycles. The fourth-order valence-corrected chi connectivity index (χ4v) is 2.24. The molecule has 0 aliphatic carbocycles. The first-order chi connectivity index (χ1) is 10.6. The Morgan fingerprint density at radius 3 is 2.50 bits per heavy atom. The van der Waals surface area contributed by atoms with Gasteiger partial charge in [-0.05, 0) is 38.7 Å². The summed E-state index contributed by atoms with van der Waals surface area (Å²) >= 11 is 0. The molecule has 5 heteroatoms. The van der Waals surface area contributed by atoms with Crippen molar-refractivity contribution in [2.75, 3.05) is 0 Å². The van der Waals surface area contributed by atoms with Crippen LogP contribution < -0.4 is 5.32 Å². The van der Waals surface area contributed by atoms with Crippen molar-refractivity contribution in [2.45, 2.75) is 46.1 Å². The van der Waals surface area contributed by atoms with E-state index in [0.717, 1.165) is 30.9 Å². The summed E-state index contributed by atoms with van der Waals surface area (Å²) in [5, 5.41) is 10.9. The zero-order valence-electron chi connectivity index (χ0n) is 13.6. The Labute approximate surface area is 131 Å². The van der Waals surface area contributed by atoms with Crippen LogP contribution in [0.1, 0.15) is 42.0 Å². The minimum Gasteiger partial charge on any atom is -0.349 e. The normalized spacial score (nSPS) is 10.7. The lowest BCUT2D eigenvalue weighted by Crippen LogP contribution is -2.24. The topological polar surface area (TPSA) is 59.8 Å². The zero-order chi connectivity index (χ0) is 15.9. The SMILES string of the molecule is Cc1ccc(CCCCC(=O)NCc2nnc(C)n2C)cc1. The van der Waals surface area contributed by atoms with Gasteiger partial charge < -0.3 is 9.88 Å². The van der Waals surface area contributed by atoms with E-state index < -0.39 is 0 Å². The molecule has 0 aliphatic rings. The number of nitrogens with zero attached hydrogens (tertiary/aromatic N) is 3. The zero-order valence-corrected chi connectivity index (χ0v) is 13.6. The molecule has 1 N–H and O–H groups in total. The Morgan fingerprint density at radius 2 is 1.86 bits per heavy atom. The summed E-state index contributed by atoms with van der Waals surface area (Å²) in [4.78, 5) is 11.8. The van der Waals surface area contributed by atoms with Crippen LogP contribution in [-0.4, -0.2) is 20.7 Å². The molecular weight excluding hydrogens is 276 g/mol. The maximum absolute atomic E-state index is 11.8. The van der Waals surface area contributed by atoms with Crippen LogP contribution >= 0.6 is 0 Å². The molecule has 0 fully saturated rings. The Balaban J connectivity index is 1.63. The van der Waals surface area contributed by atoms with E-state index in [-0.39, 0.29) is 5.91 Å². The molecule has 1 aromatic carbocycles. The molecular formula is C17H24N4O. The number of carbonyl (C=O) groups excluding carboxylic acids is 1. The van der Waals surface area contributed by atoms with Gasteiger partial charge in [0, 0.05) is 13.5 Å². The van der Waals surface area contributed by atoms with Gasteiger partial charge in [-0.2, -0.15) is 0 Å². The maximum atomic E-state index is 11.8. The summed E-state index contributed by atoms with van der Waals surface area (Å²) in [6.45, 7) is 4.42. The first kappa shape index (κ1) is 16.2. The molecule has 118 valence electrons. The number of unbranched alkanes of at least 4 members (excludes halogenated alkanes) is 1. The third-order valence-corrected chi connectivity index (χ3v) is 3.87. The molecule has 0 atom stereocenters. The fourth-order valence-electron chi connectivity index (χ4n) is 2.24. The minimum absolute atomic E-state index is 0.0737. The molecule has 2 rings (SSSR count). The average molecular weight is 300 g/mol. The number of aromatic nitrogens is 3. The molecule has 2 aromatic rings. The lowest BCUT2D eigenvalue weighted by molar-refractivity contribution is -0.121. The van der Waals surface area contributed by atoms with Crippen LogP contribution in [0.2, 0.25) is 0 Å². The number of carbonyl (C=O) groups is 1. The molecule has 1 amide bonds. The van der Waals surface area contributed by atoms with Gasteiger partial charge in [0.05, 0.1) is 6.54 Å². The Kier molecular flexibility index (Phi) is 5.69. The monoisotopic (exact) mass is 300 g/mol. The van der Waals surface area contributed by atoms with E-state index in [2.05, 4.69) is 46.7 Å². The van der Waals surface area contributed by atoms with E-state index >= 15 is 0 Å². The second-order valence-corrected chi connectivity index (χ2v) is 5.69. The highest BCUT2D eigenvalue weighted by molar-refractivity contribution is 5.75. The van der Waals surface area contributed by atoms with Crippen LogP contribution in [0.5, 0.6) is 0 Å². The highest BCUT2D eigenvalue weighted by Gasteiger charge is 2.07. The van der Waals surface area contributed by atoms with Crippen molar-refractivity contribution in [2.24, 2.45) is 7.05 Å². The van der Waals surface area contributed by atoms with Crippen molar-refractivity contribution in [3.05, 3.63) is 47.0 Å². The fraction of sp³-hybridized carbons (Fsp3) is 0.471. The predicted octanol–water partition coefficient (Wildman–Crippen LogP) is 2.46. The van der Waals surface area contributed by atoms with Crippen molar-refractivity contribution in [3.63, 3.8) is 0 Å². The number of nitrogens with one attached hydrogen (secondary N) is 1. The molecule has 0 spiro atoms. The number of benzene rings is 1. The van der Waals surface area contributed by atoms with E-state index in [0.29, 0.717) is 13.0 Å². The molecule has 0 aliphatic heterocycles. The lowest BCUT2D eigenvalue weighted by Gasteiger charge is -2.05. The number of rotatable bonds is 7. The van der Waals surface area contributed by atoms with Crippen molar-refractivity contribution in [1.82, 2.24) is 20.1 Å². The quantitative estimate of drug-likeness (QED) is 0.799. The van der Waals surface area contributed by atoms with Gasteiger partial charge in [0.1, 0.15) is 5.82 Å². The highest BCUT2D eigenvalue weighted by Crippen LogP contribution is 2.08. The van der Waals surface area contributed by atoms with Gasteiger partial charge in [-0.1, -0.05) is 29.8 Å². The molecule has 0 unspecified atom stereocenters. The van der Waals surface area contributed by atoms with Crippen molar-refractivity contribution in [1.29, 1.82) is 0 Å². The average Bonchev–Trinajstić information content (AvgIpc) is 2.83.